The first-order valence-corrected chi connectivity index (χ1v) is 7.89. The zero-order valence-corrected chi connectivity index (χ0v) is 14.9. The number of nitrogens with zero attached hydrogens (tertiary/aromatic N) is 4. The first kappa shape index (κ1) is 20.4. The molecule has 8 nitrogen and oxygen atoms in total. The Hall–Kier alpha value is -2.95. The highest BCUT2D eigenvalue weighted by Gasteiger charge is 2.38. The van der Waals surface area contributed by atoms with E-state index in [-0.39, 0.29) is 12.4 Å². The van der Waals surface area contributed by atoms with Crippen LogP contribution >= 0.6 is 0 Å². The molecule has 2 amide bonds. The van der Waals surface area contributed by atoms with Crippen LogP contribution < -0.4 is 5.43 Å². The number of rotatable bonds is 5. The molecular weight excluding hydrogens is 367 g/mol. The van der Waals surface area contributed by atoms with E-state index in [4.69, 9.17) is 0 Å². The fourth-order valence-electron chi connectivity index (χ4n) is 2.16. The maximum Gasteiger partial charge on any atom is 0.471 e. The smallest absolute Gasteiger partial charge is 0.330 e. The number of nitrogens with one attached hydrogen (secondary N) is 1. The van der Waals surface area contributed by atoms with Gasteiger partial charge in [0.2, 0.25) is 5.82 Å². The number of hydrazine groups is 1. The number of amides is 2. The van der Waals surface area contributed by atoms with Crippen LogP contribution in [0.3, 0.4) is 0 Å². The molecular formula is C16H18F3N5O3. The van der Waals surface area contributed by atoms with E-state index in [1.165, 1.54) is 22.0 Å². The summed E-state index contributed by atoms with van der Waals surface area (Å²) < 4.78 is 41.7. The van der Waals surface area contributed by atoms with Crippen LogP contribution in [0.4, 0.5) is 13.2 Å². The maximum atomic E-state index is 12.5. The number of likely N-dealkylation sites (N-methyl/N-ethyl adjacent to an activating group) is 1. The lowest BCUT2D eigenvalue weighted by molar-refractivity contribution is -0.159. The summed E-state index contributed by atoms with van der Waals surface area (Å²) >= 11 is 0. The van der Waals surface area contributed by atoms with Crippen molar-refractivity contribution in [3.05, 3.63) is 35.7 Å². The normalized spacial score (nSPS) is 11.5. The molecule has 2 rings (SSSR count). The fraction of sp³-hybridized carbons (Fsp3) is 0.375. The predicted octanol–water partition coefficient (Wildman–Crippen LogP) is 1.70. The Labute approximate surface area is 152 Å². The van der Waals surface area contributed by atoms with Crippen LogP contribution in [0, 0.1) is 0 Å². The van der Waals surface area contributed by atoms with Gasteiger partial charge in [0.1, 0.15) is 0 Å². The van der Waals surface area contributed by atoms with Gasteiger partial charge in [-0.1, -0.05) is 29.4 Å². The molecule has 0 saturated carbocycles. The highest BCUT2D eigenvalue weighted by atomic mass is 19.4. The summed E-state index contributed by atoms with van der Waals surface area (Å²) in [4.78, 5) is 28.6. The first-order chi connectivity index (χ1) is 12.6. The second kappa shape index (κ2) is 8.16. The number of carbonyl (C=O) groups excluding carboxylic acids is 2. The van der Waals surface area contributed by atoms with Crippen LogP contribution in [0.15, 0.2) is 28.8 Å². The Balaban J connectivity index is 2.09. The molecule has 0 fully saturated rings. The highest BCUT2D eigenvalue weighted by Crippen LogP contribution is 2.29. The third-order valence-electron chi connectivity index (χ3n) is 3.44. The van der Waals surface area contributed by atoms with Gasteiger partial charge in [-0.25, -0.2) is 5.01 Å². The van der Waals surface area contributed by atoms with Crippen molar-refractivity contribution in [3.8, 4) is 11.4 Å². The Morgan fingerprint density at radius 2 is 1.81 bits per heavy atom. The summed E-state index contributed by atoms with van der Waals surface area (Å²) in [6, 6.07) is 6.24. The van der Waals surface area contributed by atoms with Gasteiger partial charge in [-0.15, -0.1) is 0 Å². The Morgan fingerprint density at radius 1 is 1.19 bits per heavy atom. The average Bonchev–Trinajstić information content (AvgIpc) is 3.09. The molecule has 146 valence electrons. The summed E-state index contributed by atoms with van der Waals surface area (Å²) in [6.07, 6.45) is -4.71. The van der Waals surface area contributed by atoms with E-state index in [0.717, 1.165) is 0 Å². The predicted molar refractivity (Wildman–Crippen MR) is 87.7 cm³/mol. The minimum atomic E-state index is -4.71. The van der Waals surface area contributed by atoms with Crippen LogP contribution in [-0.4, -0.2) is 52.5 Å². The summed E-state index contributed by atoms with van der Waals surface area (Å²) in [7, 11) is 3.17. The van der Waals surface area contributed by atoms with Crippen molar-refractivity contribution in [3.63, 3.8) is 0 Å². The Kier molecular flexibility index (Phi) is 6.16. The molecule has 1 aromatic carbocycles. The van der Waals surface area contributed by atoms with Crippen molar-refractivity contribution in [1.29, 1.82) is 0 Å². The Morgan fingerprint density at radius 3 is 2.30 bits per heavy atom. The number of alkyl halides is 3. The van der Waals surface area contributed by atoms with Crippen molar-refractivity contribution in [2.24, 2.45) is 0 Å². The van der Waals surface area contributed by atoms with E-state index in [1.807, 2.05) is 0 Å². The standard InChI is InChI=1S/C16H18F3N5O3/c1-4-24(14(26)13(25)21-23(2)3)9-10-5-7-11(8-6-10)12-20-15(27-22-12)16(17,18)19/h5-8H,4,9H2,1-3H3,(H,21,25). The van der Waals surface area contributed by atoms with E-state index in [2.05, 4.69) is 20.1 Å². The molecule has 11 heteroatoms. The van der Waals surface area contributed by atoms with Gasteiger partial charge in [0, 0.05) is 32.7 Å². The monoisotopic (exact) mass is 385 g/mol. The molecule has 0 unspecified atom stereocenters. The second-order valence-corrected chi connectivity index (χ2v) is 5.77. The van der Waals surface area contributed by atoms with Crippen LogP contribution in [0.1, 0.15) is 18.4 Å². The highest BCUT2D eigenvalue weighted by molar-refractivity contribution is 6.34. The van der Waals surface area contributed by atoms with Crippen LogP contribution in [-0.2, 0) is 22.3 Å². The number of aromatic nitrogens is 2. The zero-order chi connectivity index (χ0) is 20.2. The van der Waals surface area contributed by atoms with E-state index < -0.39 is 23.9 Å². The zero-order valence-electron chi connectivity index (χ0n) is 14.9. The number of benzene rings is 1. The van der Waals surface area contributed by atoms with Crippen molar-refractivity contribution >= 4 is 11.8 Å². The average molecular weight is 385 g/mol. The molecule has 0 spiro atoms. The molecule has 27 heavy (non-hydrogen) atoms. The first-order valence-electron chi connectivity index (χ1n) is 7.89. The maximum absolute atomic E-state index is 12.5. The van der Waals surface area contributed by atoms with Gasteiger partial charge in [-0.3, -0.25) is 15.0 Å². The molecule has 2 aromatic rings. The van der Waals surface area contributed by atoms with Crippen molar-refractivity contribution in [2.45, 2.75) is 19.6 Å². The van der Waals surface area contributed by atoms with E-state index in [1.54, 1.807) is 33.2 Å². The largest absolute Gasteiger partial charge is 0.471 e. The minimum absolute atomic E-state index is 0.163. The summed E-state index contributed by atoms with van der Waals surface area (Å²) in [5, 5.41) is 4.67. The minimum Gasteiger partial charge on any atom is -0.330 e. The SMILES string of the molecule is CCN(Cc1ccc(-c2noc(C(F)(F)F)n2)cc1)C(=O)C(=O)NN(C)C. The molecule has 1 N–H and O–H groups in total. The summed E-state index contributed by atoms with van der Waals surface area (Å²) in [6.45, 7) is 2.20. The van der Waals surface area contributed by atoms with Gasteiger partial charge in [-0.2, -0.15) is 18.2 Å². The van der Waals surface area contributed by atoms with Crippen LogP contribution in [0.5, 0.6) is 0 Å². The van der Waals surface area contributed by atoms with Gasteiger partial charge in [0.25, 0.3) is 0 Å². The number of hydrogen-bond acceptors (Lipinski definition) is 6. The number of halogens is 3. The summed E-state index contributed by atoms with van der Waals surface area (Å²) in [5.41, 5.74) is 3.39. The van der Waals surface area contributed by atoms with Crippen molar-refractivity contribution in [2.75, 3.05) is 20.6 Å². The van der Waals surface area contributed by atoms with Gasteiger partial charge in [0.15, 0.2) is 0 Å². The molecule has 1 aromatic heterocycles. The lowest BCUT2D eigenvalue weighted by Crippen LogP contribution is -2.47. The molecule has 0 aliphatic rings. The van der Waals surface area contributed by atoms with Gasteiger partial charge >= 0.3 is 23.9 Å². The third kappa shape index (κ3) is 5.26. The topological polar surface area (TPSA) is 91.6 Å². The molecule has 0 bridgehead atoms. The lowest BCUT2D eigenvalue weighted by atomic mass is 10.1. The molecule has 0 radical (unpaired) electrons. The van der Waals surface area contributed by atoms with E-state index in [0.29, 0.717) is 17.7 Å². The van der Waals surface area contributed by atoms with Crippen LogP contribution in [0.2, 0.25) is 0 Å². The molecule has 0 saturated heterocycles. The van der Waals surface area contributed by atoms with E-state index in [9.17, 15) is 22.8 Å². The fourth-order valence-corrected chi connectivity index (χ4v) is 2.16. The molecule has 0 aliphatic carbocycles. The number of carbonyl (C=O) groups is 2. The molecule has 1 heterocycles. The number of hydrogen-bond donors (Lipinski definition) is 1. The van der Waals surface area contributed by atoms with E-state index >= 15 is 0 Å². The van der Waals surface area contributed by atoms with Crippen molar-refractivity contribution in [1.82, 2.24) is 25.5 Å². The molecule has 0 atom stereocenters. The van der Waals surface area contributed by atoms with Crippen LogP contribution in [0.25, 0.3) is 11.4 Å². The quantitative estimate of drug-likeness (QED) is 0.622. The van der Waals surface area contributed by atoms with Gasteiger partial charge in [-0.05, 0) is 12.5 Å². The van der Waals surface area contributed by atoms with Crippen molar-refractivity contribution < 1.29 is 27.3 Å². The lowest BCUT2D eigenvalue weighted by Gasteiger charge is -2.21. The third-order valence-corrected chi connectivity index (χ3v) is 3.44. The molecule has 0 aliphatic heterocycles. The van der Waals surface area contributed by atoms with Gasteiger partial charge in [0.05, 0.1) is 0 Å². The Bertz CT molecular complexity index is 802. The summed E-state index contributed by atoms with van der Waals surface area (Å²) in [5.74, 6) is -3.06. The van der Waals surface area contributed by atoms with Gasteiger partial charge < -0.3 is 9.42 Å². The second-order valence-electron chi connectivity index (χ2n) is 5.77.